The Morgan fingerprint density at radius 3 is 2.70 bits per heavy atom. The summed E-state index contributed by atoms with van der Waals surface area (Å²) in [6.07, 6.45) is 15.4. The Bertz CT molecular complexity index is 1270. The van der Waals surface area contributed by atoms with Crippen LogP contribution in [0.15, 0.2) is 18.2 Å². The van der Waals surface area contributed by atoms with Gasteiger partial charge in [0.05, 0.1) is 5.52 Å². The van der Waals surface area contributed by atoms with Gasteiger partial charge >= 0.3 is 0 Å². The predicted octanol–water partition coefficient (Wildman–Crippen LogP) is 8.21. The molecule has 7 heteroatoms. The number of alkyl halides is 2. The third kappa shape index (κ3) is 4.55. The molecule has 1 aromatic carbocycles. The van der Waals surface area contributed by atoms with Crippen LogP contribution in [0.25, 0.3) is 11.0 Å². The number of halogens is 2. The van der Waals surface area contributed by atoms with Gasteiger partial charge < -0.3 is 0 Å². The van der Waals surface area contributed by atoms with Gasteiger partial charge in [-0.15, -0.1) is 5.10 Å². The Balaban J connectivity index is 1.24. The van der Waals surface area contributed by atoms with Gasteiger partial charge in [-0.25, -0.2) is 23.5 Å². The lowest BCUT2D eigenvalue weighted by atomic mass is 9.57. The lowest BCUT2D eigenvalue weighted by Crippen LogP contribution is -2.58. The average molecular weight is 574 g/mol. The molecule has 6 rings (SSSR count). The van der Waals surface area contributed by atoms with E-state index in [1.165, 1.54) is 63.5 Å². The van der Waals surface area contributed by atoms with Gasteiger partial charge in [-0.05, 0) is 121 Å². The number of fused-ring (bicyclic) bond motifs is 6. The van der Waals surface area contributed by atoms with Crippen molar-refractivity contribution in [1.82, 2.24) is 15.0 Å². The molecule has 4 aliphatic rings. The molecule has 2 saturated carbocycles. The highest BCUT2D eigenvalue weighted by Gasteiger charge is 2.64. The fourth-order valence-corrected chi connectivity index (χ4v) is 16.7. The molecule has 8 atom stereocenters. The first-order chi connectivity index (χ1) is 18.9. The Kier molecular flexibility index (Phi) is 7.19. The van der Waals surface area contributed by atoms with Crippen molar-refractivity contribution in [1.29, 1.82) is 0 Å². The third-order valence-corrected chi connectivity index (χ3v) is 17.3. The summed E-state index contributed by atoms with van der Waals surface area (Å²) in [7, 11) is -0.831. The summed E-state index contributed by atoms with van der Waals surface area (Å²) >= 11 is 0. The zero-order valence-corrected chi connectivity index (χ0v) is 26.0. The number of aromatic nitrogens is 3. The molecule has 0 radical (unpaired) electrons. The fraction of sp³-hybridized carbons (Fsp3) is 0.788. The molecule has 0 bridgehead atoms. The van der Waals surface area contributed by atoms with Crippen LogP contribution in [0.5, 0.6) is 0 Å². The third-order valence-electron chi connectivity index (χ3n) is 12.1. The molecule has 2 aromatic rings. The monoisotopic (exact) mass is 573 g/mol. The summed E-state index contributed by atoms with van der Waals surface area (Å²) in [5.74, 6) is 0.712. The van der Waals surface area contributed by atoms with Crippen LogP contribution in [0, 0.1) is 28.6 Å². The number of rotatable bonds is 7. The normalized spacial score (nSPS) is 41.1. The van der Waals surface area contributed by atoms with Gasteiger partial charge in [-0.1, -0.05) is 44.9 Å². The maximum Gasteiger partial charge on any atom is 0.249 e. The van der Waals surface area contributed by atoms with Crippen molar-refractivity contribution >= 4 is 26.8 Å². The zero-order chi connectivity index (χ0) is 28.5. The molecule has 40 heavy (non-hydrogen) atoms. The molecule has 2 aliphatic carbocycles. The highest BCUT2D eigenvalue weighted by Crippen LogP contribution is 2.78. The Morgan fingerprint density at radius 2 is 1.95 bits per heavy atom. The maximum atomic E-state index is 14.0. The quantitative estimate of drug-likeness (QED) is 0.335. The highest BCUT2D eigenvalue weighted by atomic mass is 32.3. The number of ketones is 1. The highest BCUT2D eigenvalue weighted by molar-refractivity contribution is 8.34. The summed E-state index contributed by atoms with van der Waals surface area (Å²) in [6, 6.07) is 5.18. The van der Waals surface area contributed by atoms with Gasteiger partial charge in [0.15, 0.2) is 5.78 Å². The second-order valence-electron chi connectivity index (χ2n) is 14.7. The minimum absolute atomic E-state index is 0.0522. The molecule has 2 aliphatic heterocycles. The number of benzene rings is 1. The predicted molar refractivity (Wildman–Crippen MR) is 161 cm³/mol. The number of Topliss-reactive ketones (excluding diaryl/α,β-unsaturated/α-hetero) is 1. The second kappa shape index (κ2) is 10.1. The van der Waals surface area contributed by atoms with Crippen molar-refractivity contribution in [2.45, 2.75) is 121 Å². The van der Waals surface area contributed by atoms with E-state index in [0.717, 1.165) is 30.4 Å². The van der Waals surface area contributed by atoms with E-state index in [-0.39, 0.29) is 30.1 Å². The van der Waals surface area contributed by atoms with Crippen LogP contribution in [0.3, 0.4) is 0 Å². The Morgan fingerprint density at radius 1 is 1.15 bits per heavy atom. The molecule has 2 saturated heterocycles. The van der Waals surface area contributed by atoms with E-state index >= 15 is 0 Å². The summed E-state index contributed by atoms with van der Waals surface area (Å²) in [5, 5.41) is 10.1. The zero-order valence-electron chi connectivity index (χ0n) is 25.2. The van der Waals surface area contributed by atoms with Gasteiger partial charge in [0, 0.05) is 12.3 Å². The standard InChI is InChI=1S/C33H49F2N3OS/c1-6-14-33-16-11-22(2)18-24(33)13-17-40(5)29-10-8-25(31(29,3)15-12-30(33)40)28(39)21-38-27-19-23(20-32(4,34)35)7-9-26(27)36-37-38/h7,9,19,22,24-25,29-30H,6,8,10-18,20-21H2,1-5H3/t22-,24?,25+,29?,30?,31+,33-/m0/s1. The van der Waals surface area contributed by atoms with Crippen LogP contribution in [-0.2, 0) is 17.8 Å². The van der Waals surface area contributed by atoms with Crippen molar-refractivity contribution in [3.8, 4) is 0 Å². The topological polar surface area (TPSA) is 47.8 Å². The minimum Gasteiger partial charge on any atom is -0.297 e. The number of hydrogen-bond acceptors (Lipinski definition) is 3. The van der Waals surface area contributed by atoms with E-state index in [4.69, 9.17) is 0 Å². The minimum atomic E-state index is -2.78. The SMILES string of the molecule is CCC[C@]12CC[C@H](C)CC1CCS1(C)C2CC[C@@]2(C)C1CC[C@@H]2C(=O)Cn1nnc2ccc(CC(C)(F)F)cc21. The lowest BCUT2D eigenvalue weighted by Gasteiger charge is -2.69. The van der Waals surface area contributed by atoms with Gasteiger partial charge in [-0.2, -0.15) is 0 Å². The van der Waals surface area contributed by atoms with Crippen LogP contribution in [0.1, 0.15) is 97.5 Å². The molecular weight excluding hydrogens is 524 g/mol. The molecule has 0 spiro atoms. The lowest BCUT2D eigenvalue weighted by molar-refractivity contribution is -0.126. The maximum absolute atomic E-state index is 14.0. The summed E-state index contributed by atoms with van der Waals surface area (Å²) in [4.78, 5) is 14.0. The molecular formula is C33H49F2N3OS. The van der Waals surface area contributed by atoms with Crippen molar-refractivity contribution in [3.63, 3.8) is 0 Å². The molecule has 222 valence electrons. The van der Waals surface area contributed by atoms with Crippen molar-refractivity contribution in [3.05, 3.63) is 23.8 Å². The number of hydrogen-bond donors (Lipinski definition) is 0. The molecule has 0 amide bonds. The van der Waals surface area contributed by atoms with Gasteiger partial charge in [0.25, 0.3) is 0 Å². The van der Waals surface area contributed by atoms with E-state index in [0.29, 0.717) is 27.3 Å². The first kappa shape index (κ1) is 28.6. The largest absolute Gasteiger partial charge is 0.297 e. The molecule has 4 nitrogen and oxygen atoms in total. The van der Waals surface area contributed by atoms with Crippen LogP contribution < -0.4 is 0 Å². The van der Waals surface area contributed by atoms with Crippen molar-refractivity contribution in [2.75, 3.05) is 12.0 Å². The molecule has 3 heterocycles. The van der Waals surface area contributed by atoms with E-state index in [1.807, 2.05) is 0 Å². The average Bonchev–Trinajstić information content (AvgIpc) is 3.44. The van der Waals surface area contributed by atoms with Gasteiger partial charge in [0.1, 0.15) is 12.1 Å². The van der Waals surface area contributed by atoms with E-state index in [1.54, 1.807) is 22.9 Å². The summed E-state index contributed by atoms with van der Waals surface area (Å²) < 4.78 is 29.0. The number of carbonyl (C=O) groups is 1. The number of carbonyl (C=O) groups excluding carboxylic acids is 1. The fourth-order valence-electron chi connectivity index (χ4n) is 10.6. The van der Waals surface area contributed by atoms with Crippen molar-refractivity contribution in [2.24, 2.45) is 28.6 Å². The van der Waals surface area contributed by atoms with Crippen molar-refractivity contribution < 1.29 is 13.6 Å². The molecule has 4 fully saturated rings. The smallest absolute Gasteiger partial charge is 0.249 e. The first-order valence-electron chi connectivity index (χ1n) is 15.9. The van der Waals surface area contributed by atoms with Crippen LogP contribution >= 0.6 is 10.0 Å². The van der Waals surface area contributed by atoms with E-state index < -0.39 is 16.0 Å². The number of nitrogens with zero attached hydrogens (tertiary/aromatic N) is 3. The second-order valence-corrected chi connectivity index (χ2v) is 18.7. The molecule has 0 N–H and O–H groups in total. The van der Waals surface area contributed by atoms with E-state index in [2.05, 4.69) is 37.3 Å². The Labute approximate surface area is 240 Å². The Hall–Kier alpha value is -1.50. The van der Waals surface area contributed by atoms with Gasteiger partial charge in [0.2, 0.25) is 5.92 Å². The molecule has 1 aromatic heterocycles. The van der Waals surface area contributed by atoms with Gasteiger partial charge in [-0.3, -0.25) is 4.79 Å². The summed E-state index contributed by atoms with van der Waals surface area (Å²) in [6.45, 7) is 8.44. The van der Waals surface area contributed by atoms with Crippen LogP contribution in [0.2, 0.25) is 0 Å². The summed E-state index contributed by atoms with van der Waals surface area (Å²) in [5.41, 5.74) is 2.49. The first-order valence-corrected chi connectivity index (χ1v) is 18.2. The van der Waals surface area contributed by atoms with Crippen LogP contribution in [0.4, 0.5) is 8.78 Å². The van der Waals surface area contributed by atoms with E-state index in [9.17, 15) is 13.6 Å². The molecule has 4 unspecified atom stereocenters. The van der Waals surface area contributed by atoms with Crippen LogP contribution in [-0.4, -0.2) is 49.2 Å².